The Labute approximate surface area is 122 Å². The second-order valence-corrected chi connectivity index (χ2v) is 5.60. The molecule has 1 aliphatic carbocycles. The molecule has 1 aromatic carbocycles. The van der Waals surface area contributed by atoms with Crippen molar-refractivity contribution >= 4 is 16.7 Å². The monoisotopic (exact) mass is 277 g/mol. The Morgan fingerprint density at radius 1 is 1.14 bits per heavy atom. The number of fused-ring (bicyclic) bond motifs is 3. The molecule has 4 heteroatoms. The first-order valence-corrected chi connectivity index (χ1v) is 7.20. The summed E-state index contributed by atoms with van der Waals surface area (Å²) in [6, 6.07) is 8.29. The van der Waals surface area contributed by atoms with Gasteiger partial charge >= 0.3 is 0 Å². The number of hydrogen-bond donors (Lipinski definition) is 1. The number of hydrogen-bond acceptors (Lipinski definition) is 3. The zero-order chi connectivity index (χ0) is 14.4. The molecule has 3 aromatic rings. The molecule has 0 saturated heterocycles. The standard InChI is InChI=1S/C17H15N3O/c1-10-7-12(9-18-20-10)11-5-6-15-14(8-11)13-3-2-4-16(21)17(13)19-15/h5-9,19H,2-4H2,1H3. The molecule has 4 rings (SSSR count). The Balaban J connectivity index is 1.92. The van der Waals surface area contributed by atoms with Crippen molar-refractivity contribution in [2.24, 2.45) is 0 Å². The van der Waals surface area contributed by atoms with Crippen LogP contribution in [0.3, 0.4) is 0 Å². The van der Waals surface area contributed by atoms with Gasteiger partial charge in [-0.25, -0.2) is 0 Å². The molecule has 0 atom stereocenters. The Kier molecular flexibility index (Phi) is 2.64. The van der Waals surface area contributed by atoms with Crippen molar-refractivity contribution in [1.82, 2.24) is 15.2 Å². The van der Waals surface area contributed by atoms with Crippen LogP contribution < -0.4 is 0 Å². The van der Waals surface area contributed by atoms with Gasteiger partial charge in [0.05, 0.1) is 17.6 Å². The summed E-state index contributed by atoms with van der Waals surface area (Å²) >= 11 is 0. The average Bonchev–Trinajstić information content (AvgIpc) is 2.87. The molecule has 21 heavy (non-hydrogen) atoms. The van der Waals surface area contributed by atoms with Crippen molar-refractivity contribution in [2.45, 2.75) is 26.2 Å². The van der Waals surface area contributed by atoms with Crippen LogP contribution in [0.2, 0.25) is 0 Å². The summed E-state index contributed by atoms with van der Waals surface area (Å²) in [5, 5.41) is 9.17. The zero-order valence-corrected chi connectivity index (χ0v) is 11.8. The molecule has 0 saturated carbocycles. The SMILES string of the molecule is Cc1cc(-c2ccc3[nH]c4c(c3c2)CCCC4=O)cnn1. The van der Waals surface area contributed by atoms with Gasteiger partial charge in [-0.1, -0.05) is 6.07 Å². The summed E-state index contributed by atoms with van der Waals surface area (Å²) in [5.74, 6) is 0.232. The van der Waals surface area contributed by atoms with Crippen LogP contribution in [0.15, 0.2) is 30.5 Å². The molecule has 2 heterocycles. The quantitative estimate of drug-likeness (QED) is 0.741. The zero-order valence-electron chi connectivity index (χ0n) is 11.8. The lowest BCUT2D eigenvalue weighted by Gasteiger charge is -2.09. The van der Waals surface area contributed by atoms with Crippen LogP contribution in [-0.4, -0.2) is 21.0 Å². The molecule has 0 spiro atoms. The molecule has 0 amide bonds. The van der Waals surface area contributed by atoms with Gasteiger partial charge in [0, 0.05) is 22.9 Å². The van der Waals surface area contributed by atoms with Crippen LogP contribution in [0.25, 0.3) is 22.0 Å². The third-order valence-electron chi connectivity index (χ3n) is 4.13. The summed E-state index contributed by atoms with van der Waals surface area (Å²) in [6.45, 7) is 1.94. The van der Waals surface area contributed by atoms with Gasteiger partial charge in [0.1, 0.15) is 0 Å². The first-order valence-electron chi connectivity index (χ1n) is 7.20. The minimum atomic E-state index is 0.232. The van der Waals surface area contributed by atoms with E-state index >= 15 is 0 Å². The lowest BCUT2D eigenvalue weighted by molar-refractivity contribution is 0.0968. The minimum Gasteiger partial charge on any atom is -0.352 e. The van der Waals surface area contributed by atoms with Crippen molar-refractivity contribution in [3.8, 4) is 11.1 Å². The van der Waals surface area contributed by atoms with Gasteiger partial charge in [-0.3, -0.25) is 4.79 Å². The van der Waals surface area contributed by atoms with E-state index in [2.05, 4.69) is 27.3 Å². The fourth-order valence-corrected chi connectivity index (χ4v) is 3.11. The number of carbonyl (C=O) groups excluding carboxylic acids is 1. The number of aromatic nitrogens is 3. The molecule has 4 nitrogen and oxygen atoms in total. The van der Waals surface area contributed by atoms with E-state index in [0.29, 0.717) is 6.42 Å². The molecule has 0 unspecified atom stereocenters. The first kappa shape index (κ1) is 12.3. The largest absolute Gasteiger partial charge is 0.352 e. The summed E-state index contributed by atoms with van der Waals surface area (Å²) in [7, 11) is 0. The number of ketones is 1. The Hall–Kier alpha value is -2.49. The van der Waals surface area contributed by atoms with E-state index in [-0.39, 0.29) is 5.78 Å². The summed E-state index contributed by atoms with van der Waals surface area (Å²) in [4.78, 5) is 15.3. The van der Waals surface area contributed by atoms with Crippen molar-refractivity contribution in [3.05, 3.63) is 47.4 Å². The lowest BCUT2D eigenvalue weighted by Crippen LogP contribution is -2.09. The lowest BCUT2D eigenvalue weighted by atomic mass is 9.93. The highest BCUT2D eigenvalue weighted by atomic mass is 16.1. The second kappa shape index (κ2) is 4.52. The molecular weight excluding hydrogens is 262 g/mol. The van der Waals surface area contributed by atoms with Gasteiger partial charge in [0.2, 0.25) is 0 Å². The fraction of sp³-hybridized carbons (Fsp3) is 0.235. The van der Waals surface area contributed by atoms with Gasteiger partial charge in [-0.05, 0) is 49.1 Å². The normalized spacial score (nSPS) is 14.4. The van der Waals surface area contributed by atoms with Crippen molar-refractivity contribution in [2.75, 3.05) is 0 Å². The van der Waals surface area contributed by atoms with Gasteiger partial charge in [-0.15, -0.1) is 0 Å². The van der Waals surface area contributed by atoms with Gasteiger partial charge in [-0.2, -0.15) is 10.2 Å². The summed E-state index contributed by atoms with van der Waals surface area (Å²) in [5.41, 5.74) is 6.08. The number of carbonyl (C=O) groups is 1. The highest BCUT2D eigenvalue weighted by Gasteiger charge is 2.21. The molecule has 0 aliphatic heterocycles. The average molecular weight is 277 g/mol. The van der Waals surface area contributed by atoms with E-state index in [9.17, 15) is 4.79 Å². The van der Waals surface area contributed by atoms with Crippen LogP contribution in [0, 0.1) is 6.92 Å². The van der Waals surface area contributed by atoms with E-state index in [1.165, 1.54) is 5.56 Å². The third-order valence-corrected chi connectivity index (χ3v) is 4.13. The Morgan fingerprint density at radius 3 is 2.90 bits per heavy atom. The molecule has 0 bridgehead atoms. The maximum absolute atomic E-state index is 12.0. The fourth-order valence-electron chi connectivity index (χ4n) is 3.11. The topological polar surface area (TPSA) is 58.6 Å². The maximum atomic E-state index is 12.0. The van der Waals surface area contributed by atoms with Crippen LogP contribution in [0.4, 0.5) is 0 Å². The van der Waals surface area contributed by atoms with Gasteiger partial charge in [0.25, 0.3) is 0 Å². The van der Waals surface area contributed by atoms with E-state index < -0.39 is 0 Å². The molecule has 0 radical (unpaired) electrons. The van der Waals surface area contributed by atoms with Gasteiger partial charge < -0.3 is 4.98 Å². The second-order valence-electron chi connectivity index (χ2n) is 5.60. The van der Waals surface area contributed by atoms with Crippen molar-refractivity contribution in [1.29, 1.82) is 0 Å². The van der Waals surface area contributed by atoms with E-state index in [1.807, 2.05) is 19.1 Å². The first-order chi connectivity index (χ1) is 10.2. The third kappa shape index (κ3) is 1.95. The highest BCUT2D eigenvalue weighted by Crippen LogP contribution is 2.32. The van der Waals surface area contributed by atoms with E-state index in [4.69, 9.17) is 0 Å². The number of aryl methyl sites for hydroxylation is 2. The predicted molar refractivity (Wildman–Crippen MR) is 81.3 cm³/mol. The number of nitrogens with one attached hydrogen (secondary N) is 1. The molecule has 1 N–H and O–H groups in total. The molecule has 0 fully saturated rings. The van der Waals surface area contributed by atoms with Crippen LogP contribution in [-0.2, 0) is 6.42 Å². The number of rotatable bonds is 1. The van der Waals surface area contributed by atoms with Crippen molar-refractivity contribution < 1.29 is 4.79 Å². The predicted octanol–water partition coefficient (Wildman–Crippen LogP) is 3.45. The Bertz CT molecular complexity index is 864. The summed E-state index contributed by atoms with van der Waals surface area (Å²) in [6.07, 6.45) is 4.34. The summed E-state index contributed by atoms with van der Waals surface area (Å²) < 4.78 is 0. The molecule has 1 aliphatic rings. The maximum Gasteiger partial charge on any atom is 0.179 e. The van der Waals surface area contributed by atoms with Crippen LogP contribution in [0.5, 0.6) is 0 Å². The van der Waals surface area contributed by atoms with Crippen molar-refractivity contribution in [3.63, 3.8) is 0 Å². The molecular formula is C17H15N3O. The highest BCUT2D eigenvalue weighted by molar-refractivity contribution is 6.04. The van der Waals surface area contributed by atoms with E-state index in [1.54, 1.807) is 6.20 Å². The number of aromatic amines is 1. The number of benzene rings is 1. The van der Waals surface area contributed by atoms with E-state index in [0.717, 1.165) is 46.3 Å². The van der Waals surface area contributed by atoms with Gasteiger partial charge in [0.15, 0.2) is 5.78 Å². The molecule has 104 valence electrons. The molecule has 2 aromatic heterocycles. The minimum absolute atomic E-state index is 0.232. The van der Waals surface area contributed by atoms with Crippen LogP contribution >= 0.6 is 0 Å². The number of H-pyrrole nitrogens is 1. The number of nitrogens with zero attached hydrogens (tertiary/aromatic N) is 2. The number of Topliss-reactive ketones (excluding diaryl/α,β-unsaturated/α-hetero) is 1. The van der Waals surface area contributed by atoms with Crippen LogP contribution in [0.1, 0.15) is 34.6 Å². The Morgan fingerprint density at radius 2 is 2.05 bits per heavy atom. The smallest absolute Gasteiger partial charge is 0.179 e.